The lowest BCUT2D eigenvalue weighted by atomic mass is 9.73. The Balaban J connectivity index is 0. The molecule has 0 heterocycles. The zero-order valence-electron chi connectivity index (χ0n) is 25.1. The van der Waals surface area contributed by atoms with Gasteiger partial charge < -0.3 is 4.90 Å². The molecule has 1 aliphatic rings. The predicted molar refractivity (Wildman–Crippen MR) is 171 cm³/mol. The number of rotatable bonds is 12. The van der Waals surface area contributed by atoms with Crippen molar-refractivity contribution in [2.75, 3.05) is 19.6 Å². The van der Waals surface area contributed by atoms with Crippen LogP contribution < -0.4 is 0 Å². The van der Waals surface area contributed by atoms with Crippen molar-refractivity contribution in [2.45, 2.75) is 67.7 Å². The van der Waals surface area contributed by atoms with Crippen molar-refractivity contribution in [3.8, 4) is 18.9 Å². The molecule has 0 N–H and O–H groups in total. The van der Waals surface area contributed by atoms with Crippen LogP contribution in [-0.2, 0) is 0 Å². The van der Waals surface area contributed by atoms with Crippen LogP contribution in [0.5, 0.6) is 0 Å². The molecule has 1 unspecified atom stereocenters. The summed E-state index contributed by atoms with van der Waals surface area (Å²) < 4.78 is 0. The summed E-state index contributed by atoms with van der Waals surface area (Å²) in [6.45, 7) is 28.5. The normalized spacial score (nSPS) is 17.7. The molecule has 0 fully saturated rings. The van der Waals surface area contributed by atoms with Gasteiger partial charge in [-0.05, 0) is 76.2 Å². The van der Waals surface area contributed by atoms with Gasteiger partial charge in [0.1, 0.15) is 0 Å². The Labute approximate surface area is 235 Å². The van der Waals surface area contributed by atoms with Gasteiger partial charge in [-0.2, -0.15) is 5.26 Å². The summed E-state index contributed by atoms with van der Waals surface area (Å²) in [5.41, 5.74) is 3.87. The third-order valence-corrected chi connectivity index (χ3v) is 5.85. The van der Waals surface area contributed by atoms with E-state index in [-0.39, 0.29) is 10.8 Å². The average molecular weight is 514 g/mol. The van der Waals surface area contributed by atoms with E-state index in [0.29, 0.717) is 6.54 Å². The highest BCUT2D eigenvalue weighted by Crippen LogP contribution is 2.38. The number of nitrogens with zero attached hydrogens (tertiary/aromatic N) is 3. The van der Waals surface area contributed by atoms with Gasteiger partial charge in [0.25, 0.3) is 0 Å². The van der Waals surface area contributed by atoms with Crippen molar-refractivity contribution in [1.29, 1.82) is 5.26 Å². The number of allylic oxidation sites excluding steroid dienone is 11. The third-order valence-electron chi connectivity index (χ3n) is 5.85. The molecule has 3 heteroatoms. The molecule has 1 atom stereocenters. The highest BCUT2D eigenvalue weighted by atomic mass is 15.1. The number of hydrogen-bond acceptors (Lipinski definition) is 3. The quantitative estimate of drug-likeness (QED) is 0.113. The summed E-state index contributed by atoms with van der Waals surface area (Å²) in [5.74, 6) is 0. The predicted octanol–water partition coefficient (Wildman–Crippen LogP) is 9.19. The Kier molecular flexibility index (Phi) is 19.7. The third kappa shape index (κ3) is 14.2. The van der Waals surface area contributed by atoms with Crippen LogP contribution >= 0.6 is 0 Å². The lowest BCUT2D eigenvalue weighted by molar-refractivity contribution is 0.375. The molecule has 3 nitrogen and oxygen atoms in total. The smallest absolute Gasteiger partial charge is 0.0991 e. The lowest BCUT2D eigenvalue weighted by Gasteiger charge is -2.31. The Hall–Kier alpha value is -3.56. The highest BCUT2D eigenvalue weighted by Gasteiger charge is 2.29. The number of terminal acetylenes is 1. The standard InChI is InChI=1S/C30H43N3.C3H6.C2H2/c1-9-15-28(33(12-4)13-5)16-14-19-32-27-20-25(21-29(6,7)23-27)26(24-31)22-30(8,17-10-2)18-11-3;1-3-2;1-2/h9-11,14-16,18,20,22H,1-2,12-13,17,19,21,23H2,3-8H3;3H,1H2,2H3;1-2H/b16-14-,18-11-,26-22+,28-15+,32-27?;;. The maximum Gasteiger partial charge on any atom is 0.0991 e. The monoisotopic (exact) mass is 513 g/mol. The molecule has 38 heavy (non-hydrogen) atoms. The molecular formula is C35H51N3. The Bertz CT molecular complexity index is 982. The SMILES string of the molecule is C#C.C=C/C=C(\C=C/CN=C1C=C(/C(C#N)=C/C(C)(/C=C\C)CC=C)CC(C)(C)C1)N(CC)CC.C=CC. The molecule has 206 valence electrons. The van der Waals surface area contributed by atoms with Crippen LogP contribution in [0.1, 0.15) is 67.7 Å². The van der Waals surface area contributed by atoms with Crippen LogP contribution in [0.4, 0.5) is 0 Å². The van der Waals surface area contributed by atoms with Crippen LogP contribution in [0.15, 0.2) is 102 Å². The fourth-order valence-corrected chi connectivity index (χ4v) is 4.36. The van der Waals surface area contributed by atoms with Gasteiger partial charge in [-0.3, -0.25) is 4.99 Å². The van der Waals surface area contributed by atoms with Crippen molar-refractivity contribution in [3.05, 3.63) is 97.3 Å². The molecule has 1 rings (SSSR count). The first-order chi connectivity index (χ1) is 18.1. The zero-order valence-corrected chi connectivity index (χ0v) is 25.1. The van der Waals surface area contributed by atoms with Crippen molar-refractivity contribution in [2.24, 2.45) is 15.8 Å². The first-order valence-corrected chi connectivity index (χ1v) is 13.4. The van der Waals surface area contributed by atoms with Crippen LogP contribution in [0, 0.1) is 35.0 Å². The first kappa shape index (κ1) is 36.6. The minimum absolute atomic E-state index is 0.0626. The van der Waals surface area contributed by atoms with E-state index in [1.54, 1.807) is 6.08 Å². The van der Waals surface area contributed by atoms with Gasteiger partial charge in [-0.1, -0.05) is 69.9 Å². The number of likely N-dealkylation sites (N-methyl/N-ethyl adjacent to an activating group) is 1. The molecule has 0 spiro atoms. The topological polar surface area (TPSA) is 39.4 Å². The van der Waals surface area contributed by atoms with Crippen molar-refractivity contribution in [1.82, 2.24) is 4.90 Å². The molecule has 0 saturated heterocycles. The van der Waals surface area contributed by atoms with E-state index in [9.17, 15) is 5.26 Å². The largest absolute Gasteiger partial charge is 0.372 e. The van der Waals surface area contributed by atoms with Gasteiger partial charge in [0.2, 0.25) is 0 Å². The minimum Gasteiger partial charge on any atom is -0.372 e. The van der Waals surface area contributed by atoms with E-state index in [1.807, 2.05) is 38.2 Å². The van der Waals surface area contributed by atoms with Crippen LogP contribution in [0.2, 0.25) is 0 Å². The zero-order chi connectivity index (χ0) is 29.6. The minimum atomic E-state index is -0.220. The average Bonchev–Trinajstić information content (AvgIpc) is 2.87. The Morgan fingerprint density at radius 3 is 2.26 bits per heavy atom. The van der Waals surface area contributed by atoms with Crippen molar-refractivity contribution < 1.29 is 0 Å². The Morgan fingerprint density at radius 1 is 1.18 bits per heavy atom. The second kappa shape index (κ2) is 20.5. The van der Waals surface area contributed by atoms with E-state index in [0.717, 1.165) is 54.9 Å². The fraction of sp³-hybridized carbons (Fsp3) is 0.429. The summed E-state index contributed by atoms with van der Waals surface area (Å²) in [5, 5.41) is 9.98. The lowest BCUT2D eigenvalue weighted by Crippen LogP contribution is -2.23. The van der Waals surface area contributed by atoms with E-state index in [1.165, 1.54) is 0 Å². The maximum absolute atomic E-state index is 9.98. The van der Waals surface area contributed by atoms with Crippen LogP contribution in [0.3, 0.4) is 0 Å². The van der Waals surface area contributed by atoms with Crippen molar-refractivity contribution in [3.63, 3.8) is 0 Å². The van der Waals surface area contributed by atoms with Gasteiger partial charge in [0, 0.05) is 29.9 Å². The molecule has 0 aromatic carbocycles. The molecule has 1 aliphatic carbocycles. The van der Waals surface area contributed by atoms with Gasteiger partial charge >= 0.3 is 0 Å². The molecule has 0 bridgehead atoms. The fourth-order valence-electron chi connectivity index (χ4n) is 4.36. The van der Waals surface area contributed by atoms with E-state index in [2.05, 4.69) is 109 Å². The molecule has 0 amide bonds. The molecule has 0 radical (unpaired) electrons. The van der Waals surface area contributed by atoms with Gasteiger partial charge in [-0.25, -0.2) is 0 Å². The molecule has 0 saturated carbocycles. The van der Waals surface area contributed by atoms with E-state index < -0.39 is 0 Å². The molecular weight excluding hydrogens is 462 g/mol. The summed E-state index contributed by atoms with van der Waals surface area (Å²) in [7, 11) is 0. The second-order valence-electron chi connectivity index (χ2n) is 10.00. The van der Waals surface area contributed by atoms with Crippen LogP contribution in [-0.4, -0.2) is 30.2 Å². The van der Waals surface area contributed by atoms with Gasteiger partial charge in [0.15, 0.2) is 0 Å². The second-order valence-corrected chi connectivity index (χ2v) is 10.00. The first-order valence-electron chi connectivity index (χ1n) is 13.4. The van der Waals surface area contributed by atoms with Gasteiger partial charge in [-0.15, -0.1) is 26.0 Å². The van der Waals surface area contributed by atoms with Crippen molar-refractivity contribution >= 4 is 5.71 Å². The molecule has 0 aromatic rings. The summed E-state index contributed by atoms with van der Waals surface area (Å²) in [4.78, 5) is 7.17. The summed E-state index contributed by atoms with van der Waals surface area (Å²) in [6.07, 6.45) is 30.7. The summed E-state index contributed by atoms with van der Waals surface area (Å²) in [6, 6.07) is 2.46. The Morgan fingerprint density at radius 2 is 1.79 bits per heavy atom. The molecule has 0 aliphatic heterocycles. The van der Waals surface area contributed by atoms with E-state index in [4.69, 9.17) is 4.99 Å². The summed E-state index contributed by atoms with van der Waals surface area (Å²) >= 11 is 0. The van der Waals surface area contributed by atoms with E-state index >= 15 is 0 Å². The molecule has 0 aromatic heterocycles. The maximum atomic E-state index is 9.98. The van der Waals surface area contributed by atoms with Gasteiger partial charge in [0.05, 0.1) is 18.2 Å². The number of nitriles is 1. The van der Waals surface area contributed by atoms with Crippen LogP contribution in [0.25, 0.3) is 0 Å². The number of aliphatic imine (C=N–C) groups is 1. The highest BCUT2D eigenvalue weighted by molar-refractivity contribution is 5.97. The number of hydrogen-bond donors (Lipinski definition) is 0.